The van der Waals surface area contributed by atoms with Crippen molar-refractivity contribution in [3.05, 3.63) is 28.2 Å². The predicted molar refractivity (Wildman–Crippen MR) is 87.0 cm³/mol. The SMILES string of the molecule is O=C(NCCc1nc2cc(Cl)ccc2s1)C1CCCCN1. The molecule has 112 valence electrons. The average molecular weight is 324 g/mol. The van der Waals surface area contributed by atoms with E-state index in [4.69, 9.17) is 11.6 Å². The van der Waals surface area contributed by atoms with Gasteiger partial charge in [0.1, 0.15) is 0 Å². The summed E-state index contributed by atoms with van der Waals surface area (Å²) in [5.74, 6) is 0.110. The molecule has 2 heterocycles. The molecule has 1 aliphatic heterocycles. The van der Waals surface area contributed by atoms with Crippen LogP contribution in [0.1, 0.15) is 24.3 Å². The van der Waals surface area contributed by atoms with Gasteiger partial charge in [-0.2, -0.15) is 0 Å². The fraction of sp³-hybridized carbons (Fsp3) is 0.467. The van der Waals surface area contributed by atoms with Gasteiger partial charge in [0.05, 0.1) is 21.3 Å². The maximum absolute atomic E-state index is 12.0. The van der Waals surface area contributed by atoms with Crippen molar-refractivity contribution in [3.8, 4) is 0 Å². The second-order valence-corrected chi connectivity index (χ2v) is 6.81. The monoisotopic (exact) mass is 323 g/mol. The Morgan fingerprint density at radius 2 is 2.38 bits per heavy atom. The number of thiazole rings is 1. The molecule has 0 radical (unpaired) electrons. The van der Waals surface area contributed by atoms with E-state index in [1.54, 1.807) is 11.3 Å². The van der Waals surface area contributed by atoms with Crippen LogP contribution in [0, 0.1) is 0 Å². The summed E-state index contributed by atoms with van der Waals surface area (Å²) in [6, 6.07) is 5.72. The van der Waals surface area contributed by atoms with Gasteiger partial charge in [0, 0.05) is 18.0 Å². The van der Waals surface area contributed by atoms with E-state index in [-0.39, 0.29) is 11.9 Å². The number of piperidine rings is 1. The Bertz CT molecular complexity index is 637. The summed E-state index contributed by atoms with van der Waals surface area (Å²) in [6.45, 7) is 1.57. The van der Waals surface area contributed by atoms with Gasteiger partial charge in [-0.15, -0.1) is 11.3 Å². The third kappa shape index (κ3) is 3.73. The standard InChI is InChI=1S/C15H18ClN3OS/c16-10-4-5-13-12(9-10)19-14(21-13)6-8-18-15(20)11-3-1-2-7-17-11/h4-5,9,11,17H,1-3,6-8H2,(H,18,20). The number of carbonyl (C=O) groups is 1. The van der Waals surface area contributed by atoms with Gasteiger partial charge in [-0.05, 0) is 37.6 Å². The maximum atomic E-state index is 12.0. The molecule has 1 amide bonds. The summed E-state index contributed by atoms with van der Waals surface area (Å²) in [6.07, 6.45) is 3.99. The first-order valence-electron chi connectivity index (χ1n) is 7.28. The van der Waals surface area contributed by atoms with E-state index in [2.05, 4.69) is 15.6 Å². The quantitative estimate of drug-likeness (QED) is 0.909. The second-order valence-electron chi connectivity index (χ2n) is 5.26. The maximum Gasteiger partial charge on any atom is 0.237 e. The van der Waals surface area contributed by atoms with Gasteiger partial charge in [-0.25, -0.2) is 4.98 Å². The van der Waals surface area contributed by atoms with E-state index in [1.165, 1.54) is 0 Å². The van der Waals surface area contributed by atoms with Crippen molar-refractivity contribution in [2.75, 3.05) is 13.1 Å². The van der Waals surface area contributed by atoms with Crippen LogP contribution in [0.25, 0.3) is 10.2 Å². The predicted octanol–water partition coefficient (Wildman–Crippen LogP) is 2.75. The van der Waals surface area contributed by atoms with Gasteiger partial charge in [-0.3, -0.25) is 4.79 Å². The molecule has 1 aliphatic rings. The summed E-state index contributed by atoms with van der Waals surface area (Å²) in [4.78, 5) is 16.5. The minimum Gasteiger partial charge on any atom is -0.354 e. The fourth-order valence-corrected chi connectivity index (χ4v) is 3.66. The molecule has 0 spiro atoms. The smallest absolute Gasteiger partial charge is 0.237 e. The lowest BCUT2D eigenvalue weighted by Gasteiger charge is -2.22. The third-order valence-electron chi connectivity index (χ3n) is 3.66. The van der Waals surface area contributed by atoms with E-state index >= 15 is 0 Å². The molecule has 1 unspecified atom stereocenters. The molecule has 6 heteroatoms. The number of aromatic nitrogens is 1. The molecule has 1 aromatic carbocycles. The lowest BCUT2D eigenvalue weighted by molar-refractivity contribution is -0.123. The van der Waals surface area contributed by atoms with Crippen molar-refractivity contribution >= 4 is 39.1 Å². The number of rotatable bonds is 4. The average Bonchev–Trinajstić information content (AvgIpc) is 2.89. The van der Waals surface area contributed by atoms with Crippen molar-refractivity contribution in [2.24, 2.45) is 0 Å². The summed E-state index contributed by atoms with van der Waals surface area (Å²) >= 11 is 7.62. The van der Waals surface area contributed by atoms with Gasteiger partial charge < -0.3 is 10.6 Å². The largest absolute Gasteiger partial charge is 0.354 e. The number of amides is 1. The molecule has 0 saturated carbocycles. The van der Waals surface area contributed by atoms with Crippen LogP contribution in [0.5, 0.6) is 0 Å². The highest BCUT2D eigenvalue weighted by molar-refractivity contribution is 7.18. The summed E-state index contributed by atoms with van der Waals surface area (Å²) in [5.41, 5.74) is 0.933. The normalized spacial score (nSPS) is 18.8. The van der Waals surface area contributed by atoms with Gasteiger partial charge in [0.15, 0.2) is 0 Å². The topological polar surface area (TPSA) is 54.0 Å². The van der Waals surface area contributed by atoms with Crippen LogP contribution in [0.3, 0.4) is 0 Å². The zero-order valence-electron chi connectivity index (χ0n) is 11.7. The number of benzene rings is 1. The minimum absolute atomic E-state index is 0.0204. The number of nitrogens with one attached hydrogen (secondary N) is 2. The molecule has 21 heavy (non-hydrogen) atoms. The fourth-order valence-electron chi connectivity index (χ4n) is 2.55. The highest BCUT2D eigenvalue weighted by atomic mass is 35.5. The Hall–Kier alpha value is -1.17. The summed E-state index contributed by atoms with van der Waals surface area (Å²) in [5, 5.41) is 7.99. The number of fused-ring (bicyclic) bond motifs is 1. The summed E-state index contributed by atoms with van der Waals surface area (Å²) < 4.78 is 1.13. The van der Waals surface area contributed by atoms with E-state index < -0.39 is 0 Å². The molecular formula is C15H18ClN3OS. The van der Waals surface area contributed by atoms with Gasteiger partial charge in [0.2, 0.25) is 5.91 Å². The Balaban J connectivity index is 1.53. The van der Waals surface area contributed by atoms with Crippen molar-refractivity contribution in [3.63, 3.8) is 0 Å². The number of halogens is 1. The zero-order chi connectivity index (χ0) is 14.7. The number of hydrogen-bond donors (Lipinski definition) is 2. The van der Waals surface area contributed by atoms with Crippen molar-refractivity contribution in [1.82, 2.24) is 15.6 Å². The highest BCUT2D eigenvalue weighted by Gasteiger charge is 2.19. The number of carbonyl (C=O) groups excluding carboxylic acids is 1. The van der Waals surface area contributed by atoms with Crippen LogP contribution in [-0.4, -0.2) is 30.0 Å². The minimum atomic E-state index is -0.0204. The van der Waals surface area contributed by atoms with Crippen molar-refractivity contribution in [2.45, 2.75) is 31.7 Å². The zero-order valence-corrected chi connectivity index (χ0v) is 13.3. The number of nitrogens with zero attached hydrogens (tertiary/aromatic N) is 1. The van der Waals surface area contributed by atoms with Crippen LogP contribution in [0.2, 0.25) is 5.02 Å². The first-order chi connectivity index (χ1) is 10.2. The Labute approximate surface area is 132 Å². The molecule has 1 aromatic heterocycles. The van der Waals surface area contributed by atoms with E-state index in [0.717, 1.165) is 47.5 Å². The van der Waals surface area contributed by atoms with Crippen LogP contribution >= 0.6 is 22.9 Å². The molecule has 2 aromatic rings. The molecule has 0 aliphatic carbocycles. The van der Waals surface area contributed by atoms with Crippen LogP contribution in [0.4, 0.5) is 0 Å². The van der Waals surface area contributed by atoms with E-state index in [1.807, 2.05) is 18.2 Å². The van der Waals surface area contributed by atoms with Crippen LogP contribution < -0.4 is 10.6 Å². The van der Waals surface area contributed by atoms with E-state index in [9.17, 15) is 4.79 Å². The molecule has 0 bridgehead atoms. The van der Waals surface area contributed by atoms with Crippen LogP contribution in [-0.2, 0) is 11.2 Å². The Morgan fingerprint density at radius 3 is 3.19 bits per heavy atom. The Kier molecular flexibility index (Phi) is 4.73. The molecule has 1 fully saturated rings. The van der Waals surface area contributed by atoms with E-state index in [0.29, 0.717) is 11.6 Å². The highest BCUT2D eigenvalue weighted by Crippen LogP contribution is 2.25. The molecule has 4 nitrogen and oxygen atoms in total. The second kappa shape index (κ2) is 6.73. The molecule has 1 atom stereocenters. The lowest BCUT2D eigenvalue weighted by Crippen LogP contribution is -2.47. The summed E-state index contributed by atoms with van der Waals surface area (Å²) in [7, 11) is 0. The van der Waals surface area contributed by atoms with Crippen LogP contribution in [0.15, 0.2) is 18.2 Å². The first-order valence-corrected chi connectivity index (χ1v) is 8.48. The van der Waals surface area contributed by atoms with Crippen molar-refractivity contribution in [1.29, 1.82) is 0 Å². The molecule has 2 N–H and O–H groups in total. The third-order valence-corrected chi connectivity index (χ3v) is 4.99. The number of hydrogen-bond acceptors (Lipinski definition) is 4. The molecular weight excluding hydrogens is 306 g/mol. The van der Waals surface area contributed by atoms with Gasteiger partial charge >= 0.3 is 0 Å². The lowest BCUT2D eigenvalue weighted by atomic mass is 10.0. The molecule has 1 saturated heterocycles. The molecule has 3 rings (SSSR count). The first kappa shape index (κ1) is 14.8. The van der Waals surface area contributed by atoms with Gasteiger partial charge in [0.25, 0.3) is 0 Å². The Morgan fingerprint density at radius 1 is 1.48 bits per heavy atom. The van der Waals surface area contributed by atoms with Crippen molar-refractivity contribution < 1.29 is 4.79 Å². The van der Waals surface area contributed by atoms with Gasteiger partial charge in [-0.1, -0.05) is 18.0 Å².